The molecule has 0 N–H and O–H groups in total. The van der Waals surface area contributed by atoms with Gasteiger partial charge in [0.1, 0.15) is 0 Å². The Morgan fingerprint density at radius 3 is 1.97 bits per heavy atom. The summed E-state index contributed by atoms with van der Waals surface area (Å²) in [6, 6.07) is 3.04. The van der Waals surface area contributed by atoms with E-state index in [0.29, 0.717) is 12.8 Å². The number of hydrogen-bond donors (Lipinski definition) is 0. The first-order valence-corrected chi connectivity index (χ1v) is 12.7. The molecule has 0 radical (unpaired) electrons. The van der Waals surface area contributed by atoms with Crippen molar-refractivity contribution in [2.45, 2.75) is 55.4 Å². The number of hydrogen-bond acceptors (Lipinski definition) is 6. The number of carbonyl (C=O) groups is 1. The molecule has 1 saturated carbocycles. The number of halogens is 6. The molecule has 2 fully saturated rings. The maximum Gasteiger partial charge on any atom is 0.452 e. The fraction of sp³-hybridized carbons (Fsp3) is 0.474. The van der Waals surface area contributed by atoms with E-state index in [-0.39, 0.29) is 27.4 Å². The van der Waals surface area contributed by atoms with Crippen molar-refractivity contribution in [3.8, 4) is 5.69 Å². The largest absolute Gasteiger partial charge is 0.452 e. The Morgan fingerprint density at radius 2 is 1.46 bits per heavy atom. The summed E-state index contributed by atoms with van der Waals surface area (Å²) in [5.41, 5.74) is -0.643. The van der Waals surface area contributed by atoms with Gasteiger partial charge in [0.05, 0.1) is 10.6 Å². The molecule has 2 aromatic rings. The van der Waals surface area contributed by atoms with Crippen molar-refractivity contribution in [2.75, 3.05) is 5.75 Å². The van der Waals surface area contributed by atoms with Gasteiger partial charge in [-0.2, -0.15) is 34.8 Å². The number of thioether (sulfide) groups is 1. The zero-order chi connectivity index (χ0) is 25.6. The van der Waals surface area contributed by atoms with Gasteiger partial charge < -0.3 is 0 Å². The van der Waals surface area contributed by atoms with E-state index in [9.17, 15) is 39.6 Å². The van der Waals surface area contributed by atoms with Crippen LogP contribution in [0.2, 0.25) is 0 Å². The van der Waals surface area contributed by atoms with Crippen LogP contribution >= 0.6 is 11.8 Å². The van der Waals surface area contributed by atoms with Gasteiger partial charge in [-0.1, -0.05) is 31.0 Å². The van der Waals surface area contributed by atoms with E-state index in [1.807, 2.05) is 0 Å². The van der Waals surface area contributed by atoms with Crippen LogP contribution in [0.15, 0.2) is 33.6 Å². The summed E-state index contributed by atoms with van der Waals surface area (Å²) >= 11 is 0.961. The van der Waals surface area contributed by atoms with Gasteiger partial charge in [0.25, 0.3) is 10.0 Å². The van der Waals surface area contributed by atoms with Crippen molar-refractivity contribution in [3.63, 3.8) is 0 Å². The van der Waals surface area contributed by atoms with Gasteiger partial charge in [0.2, 0.25) is 17.6 Å². The highest BCUT2D eigenvalue weighted by Crippen LogP contribution is 2.36. The van der Waals surface area contributed by atoms with Crippen molar-refractivity contribution in [2.24, 2.45) is 4.40 Å². The first-order chi connectivity index (χ1) is 16.3. The highest BCUT2D eigenvalue weighted by molar-refractivity contribution is 8.15. The van der Waals surface area contributed by atoms with E-state index in [0.717, 1.165) is 55.3 Å². The third-order valence-electron chi connectivity index (χ3n) is 5.50. The first kappa shape index (κ1) is 25.5. The molecule has 8 nitrogen and oxygen atoms in total. The second kappa shape index (κ2) is 9.11. The number of benzene rings is 1. The Labute approximate surface area is 199 Å². The van der Waals surface area contributed by atoms with Gasteiger partial charge in [-0.25, -0.2) is 0 Å². The molecule has 0 unspecified atom stereocenters. The number of amides is 1. The van der Waals surface area contributed by atoms with E-state index in [4.69, 9.17) is 0 Å². The Hall–Kier alpha value is -2.62. The summed E-state index contributed by atoms with van der Waals surface area (Å²) in [6.45, 7) is 0. The molecule has 1 aliphatic carbocycles. The topological polar surface area (TPSA) is 97.5 Å². The molecule has 1 aromatic carbocycles. The zero-order valence-electron chi connectivity index (χ0n) is 17.7. The smallest absolute Gasteiger partial charge is 0.287 e. The Morgan fingerprint density at radius 1 is 0.914 bits per heavy atom. The molecule has 2 aliphatic rings. The molecule has 0 atom stereocenters. The fourth-order valence-electron chi connectivity index (χ4n) is 3.96. The third kappa shape index (κ3) is 5.17. The van der Waals surface area contributed by atoms with Gasteiger partial charge in [-0.3, -0.25) is 14.3 Å². The van der Waals surface area contributed by atoms with Crippen LogP contribution in [0.3, 0.4) is 0 Å². The number of aromatic nitrogens is 3. The van der Waals surface area contributed by atoms with Crippen LogP contribution in [-0.2, 0) is 27.2 Å². The lowest BCUT2D eigenvalue weighted by atomic mass is 9.94. The summed E-state index contributed by atoms with van der Waals surface area (Å²) in [5, 5.41) is 5.24. The fourth-order valence-corrected chi connectivity index (χ4v) is 6.13. The SMILES string of the molecule is O=C1CS/C(=N\S(=O)(=O)c2ccc(-n3c(C(F)(F)F)nnc3C(F)(F)F)cc2)N1C1CCCCC1. The summed E-state index contributed by atoms with van der Waals surface area (Å²) in [4.78, 5) is 13.2. The number of nitrogens with zero attached hydrogens (tertiary/aromatic N) is 5. The van der Waals surface area contributed by atoms with Crippen molar-refractivity contribution in [3.05, 3.63) is 35.9 Å². The quantitative estimate of drug-likeness (QED) is 0.537. The molecule has 1 amide bonds. The average molecular weight is 541 g/mol. The van der Waals surface area contributed by atoms with Crippen molar-refractivity contribution in [1.82, 2.24) is 19.7 Å². The first-order valence-electron chi connectivity index (χ1n) is 10.3. The average Bonchev–Trinajstić information content (AvgIpc) is 3.38. The number of sulfonamides is 1. The second-order valence-corrected chi connectivity index (χ2v) is 10.4. The summed E-state index contributed by atoms with van der Waals surface area (Å²) in [7, 11) is -4.41. The van der Waals surface area contributed by atoms with Crippen LogP contribution < -0.4 is 0 Å². The highest BCUT2D eigenvalue weighted by Gasteiger charge is 2.45. The van der Waals surface area contributed by atoms with Gasteiger partial charge in [0, 0.05) is 11.7 Å². The van der Waals surface area contributed by atoms with Crippen LogP contribution in [0.4, 0.5) is 26.3 Å². The van der Waals surface area contributed by atoms with Gasteiger partial charge >= 0.3 is 12.4 Å². The molecule has 4 rings (SSSR count). The second-order valence-electron chi connectivity index (χ2n) is 7.87. The molecule has 1 saturated heterocycles. The predicted octanol–water partition coefficient (Wildman–Crippen LogP) is 4.26. The van der Waals surface area contributed by atoms with E-state index < -0.39 is 44.6 Å². The Bertz CT molecular complexity index is 1220. The van der Waals surface area contributed by atoms with Crippen LogP contribution in [0, 0.1) is 0 Å². The molecule has 35 heavy (non-hydrogen) atoms. The van der Waals surface area contributed by atoms with Crippen molar-refractivity contribution >= 4 is 32.9 Å². The number of carbonyl (C=O) groups excluding carboxylic acids is 1. The van der Waals surface area contributed by atoms with E-state index in [1.165, 1.54) is 4.90 Å². The molecule has 1 aliphatic heterocycles. The monoisotopic (exact) mass is 541 g/mol. The summed E-state index contributed by atoms with van der Waals surface area (Å²) in [5.74, 6) is -4.06. The molecule has 0 bridgehead atoms. The van der Waals surface area contributed by atoms with Crippen molar-refractivity contribution < 1.29 is 39.6 Å². The van der Waals surface area contributed by atoms with Gasteiger partial charge in [-0.15, -0.1) is 14.6 Å². The number of alkyl halides is 6. The molecule has 1 aromatic heterocycles. The number of amidine groups is 1. The minimum Gasteiger partial charge on any atom is -0.287 e. The molecule has 16 heteroatoms. The summed E-state index contributed by atoms with van der Waals surface area (Å²) in [6.07, 6.45) is -6.28. The molecule has 190 valence electrons. The third-order valence-corrected chi connectivity index (χ3v) is 7.83. The molecule has 0 spiro atoms. The lowest BCUT2D eigenvalue weighted by Crippen LogP contribution is -2.41. The van der Waals surface area contributed by atoms with Crippen LogP contribution in [0.5, 0.6) is 0 Å². The normalized spacial score (nSPS) is 19.7. The van der Waals surface area contributed by atoms with Crippen molar-refractivity contribution in [1.29, 1.82) is 0 Å². The summed E-state index contributed by atoms with van der Waals surface area (Å²) < 4.78 is 108. The Balaban J connectivity index is 1.68. The molecule has 2 heterocycles. The highest BCUT2D eigenvalue weighted by atomic mass is 32.2. The van der Waals surface area contributed by atoms with Gasteiger partial charge in [-0.05, 0) is 37.1 Å². The maximum atomic E-state index is 13.2. The van der Waals surface area contributed by atoms with Gasteiger partial charge in [0.15, 0.2) is 5.17 Å². The molecular formula is C19H17F6N5O3S2. The minimum absolute atomic E-state index is 0.00324. The minimum atomic E-state index is -5.25. The Kier molecular flexibility index (Phi) is 6.63. The van der Waals surface area contributed by atoms with E-state index in [2.05, 4.69) is 14.6 Å². The maximum absolute atomic E-state index is 13.2. The molecular weight excluding hydrogens is 524 g/mol. The van der Waals surface area contributed by atoms with Crippen LogP contribution in [0.25, 0.3) is 5.69 Å². The van der Waals surface area contributed by atoms with E-state index >= 15 is 0 Å². The number of rotatable bonds is 4. The lowest BCUT2D eigenvalue weighted by Gasteiger charge is -2.30. The zero-order valence-corrected chi connectivity index (χ0v) is 19.3. The lowest BCUT2D eigenvalue weighted by molar-refractivity contribution is -0.153. The van der Waals surface area contributed by atoms with Crippen LogP contribution in [0.1, 0.15) is 43.8 Å². The van der Waals surface area contributed by atoms with Crippen LogP contribution in [-0.4, -0.2) is 51.0 Å². The predicted molar refractivity (Wildman–Crippen MR) is 112 cm³/mol. The standard InChI is InChI=1S/C19H17F6N5O3S2/c20-18(21,22)15-26-27-16(19(23,24)25)30(15)12-6-8-13(9-7-12)35(32,33)28-17-29(14(31)10-34-17)11-4-2-1-3-5-11/h6-9,11H,1-5,10H2/b28-17-. The van der Waals surface area contributed by atoms with E-state index in [1.54, 1.807) is 0 Å².